The maximum Gasteiger partial charge on any atom is 0.132 e. The maximum absolute atomic E-state index is 5.58. The number of aryl methyl sites for hydroxylation is 2. The summed E-state index contributed by atoms with van der Waals surface area (Å²) in [6.07, 6.45) is 1.87. The number of hydrogen-bond acceptors (Lipinski definition) is 5. The molecule has 1 aromatic heterocycles. The Morgan fingerprint density at radius 2 is 2.11 bits per heavy atom. The number of ether oxygens (including phenoxy) is 1. The summed E-state index contributed by atoms with van der Waals surface area (Å²) in [6.45, 7) is 7.14. The van der Waals surface area contributed by atoms with Gasteiger partial charge in [0, 0.05) is 32.0 Å². The lowest BCUT2D eigenvalue weighted by molar-refractivity contribution is 0.205. The van der Waals surface area contributed by atoms with Crippen LogP contribution in [0, 0.1) is 6.92 Å². The van der Waals surface area contributed by atoms with Crippen LogP contribution in [0.25, 0.3) is 0 Å². The molecule has 0 aliphatic carbocycles. The van der Waals surface area contributed by atoms with Crippen molar-refractivity contribution >= 4 is 5.82 Å². The fraction of sp³-hybridized carbons (Fsp3) is 0.692. The predicted molar refractivity (Wildman–Crippen MR) is 73.9 cm³/mol. The van der Waals surface area contributed by atoms with E-state index in [2.05, 4.69) is 27.9 Å². The van der Waals surface area contributed by atoms with Gasteiger partial charge in [-0.2, -0.15) is 0 Å². The SMILES string of the molecule is CCc1cc(N(CCCN)CCOC)nc(C)n1. The second-order valence-corrected chi connectivity index (χ2v) is 4.24. The van der Waals surface area contributed by atoms with Crippen LogP contribution in [0.3, 0.4) is 0 Å². The number of rotatable bonds is 8. The van der Waals surface area contributed by atoms with Crippen molar-refractivity contribution in [3.63, 3.8) is 0 Å². The quantitative estimate of drug-likeness (QED) is 0.752. The van der Waals surface area contributed by atoms with Crippen molar-refractivity contribution in [2.24, 2.45) is 5.73 Å². The third-order valence-corrected chi connectivity index (χ3v) is 2.76. The highest BCUT2D eigenvalue weighted by Crippen LogP contribution is 2.13. The molecular weight excluding hydrogens is 228 g/mol. The number of anilines is 1. The van der Waals surface area contributed by atoms with E-state index in [1.165, 1.54) is 0 Å². The van der Waals surface area contributed by atoms with E-state index in [0.29, 0.717) is 13.2 Å². The van der Waals surface area contributed by atoms with Crippen LogP contribution in [0.2, 0.25) is 0 Å². The highest BCUT2D eigenvalue weighted by atomic mass is 16.5. The van der Waals surface area contributed by atoms with Crippen LogP contribution >= 0.6 is 0 Å². The van der Waals surface area contributed by atoms with Crippen molar-refractivity contribution in [1.29, 1.82) is 0 Å². The number of aromatic nitrogens is 2. The predicted octanol–water partition coefficient (Wildman–Crippen LogP) is 1.15. The van der Waals surface area contributed by atoms with Crippen LogP contribution in [-0.2, 0) is 11.2 Å². The van der Waals surface area contributed by atoms with E-state index in [-0.39, 0.29) is 0 Å². The number of nitrogens with zero attached hydrogens (tertiary/aromatic N) is 3. The highest BCUT2D eigenvalue weighted by molar-refractivity contribution is 5.39. The van der Waals surface area contributed by atoms with E-state index in [9.17, 15) is 0 Å². The summed E-state index contributed by atoms with van der Waals surface area (Å²) in [7, 11) is 1.71. The third-order valence-electron chi connectivity index (χ3n) is 2.76. The van der Waals surface area contributed by atoms with Crippen molar-refractivity contribution in [2.45, 2.75) is 26.7 Å². The van der Waals surface area contributed by atoms with Gasteiger partial charge >= 0.3 is 0 Å². The van der Waals surface area contributed by atoms with Gasteiger partial charge in [-0.15, -0.1) is 0 Å². The van der Waals surface area contributed by atoms with Crippen LogP contribution in [-0.4, -0.2) is 43.3 Å². The monoisotopic (exact) mass is 252 g/mol. The van der Waals surface area contributed by atoms with Gasteiger partial charge in [-0.05, 0) is 26.3 Å². The average Bonchev–Trinajstić information content (AvgIpc) is 2.38. The molecule has 1 aromatic rings. The van der Waals surface area contributed by atoms with Crippen LogP contribution in [0.4, 0.5) is 5.82 Å². The largest absolute Gasteiger partial charge is 0.383 e. The fourth-order valence-corrected chi connectivity index (χ4v) is 1.78. The van der Waals surface area contributed by atoms with Crippen molar-refractivity contribution in [1.82, 2.24) is 9.97 Å². The second-order valence-electron chi connectivity index (χ2n) is 4.24. The van der Waals surface area contributed by atoms with Gasteiger partial charge in [0.1, 0.15) is 11.6 Å². The molecule has 2 N–H and O–H groups in total. The Balaban J connectivity index is 2.84. The van der Waals surface area contributed by atoms with E-state index in [1.54, 1.807) is 7.11 Å². The zero-order valence-corrected chi connectivity index (χ0v) is 11.6. The van der Waals surface area contributed by atoms with Crippen molar-refractivity contribution in [3.05, 3.63) is 17.6 Å². The van der Waals surface area contributed by atoms with E-state index in [1.807, 2.05) is 6.92 Å². The number of hydrogen-bond donors (Lipinski definition) is 1. The topological polar surface area (TPSA) is 64.3 Å². The number of nitrogens with two attached hydrogens (primary N) is 1. The van der Waals surface area contributed by atoms with Crippen LogP contribution in [0.15, 0.2) is 6.07 Å². The zero-order valence-electron chi connectivity index (χ0n) is 11.6. The molecule has 102 valence electrons. The van der Waals surface area contributed by atoms with Gasteiger partial charge in [-0.1, -0.05) is 6.92 Å². The van der Waals surface area contributed by atoms with Crippen molar-refractivity contribution in [3.8, 4) is 0 Å². The minimum absolute atomic E-state index is 0.689. The van der Waals surface area contributed by atoms with Gasteiger partial charge in [-0.25, -0.2) is 9.97 Å². The van der Waals surface area contributed by atoms with Gasteiger partial charge in [0.25, 0.3) is 0 Å². The number of methoxy groups -OCH3 is 1. The molecule has 0 fully saturated rings. The van der Waals surface area contributed by atoms with Gasteiger partial charge in [-0.3, -0.25) is 0 Å². The first-order valence-electron chi connectivity index (χ1n) is 6.49. The Bertz CT molecular complexity index is 349. The first kappa shape index (κ1) is 14.9. The van der Waals surface area contributed by atoms with Crippen molar-refractivity contribution < 1.29 is 4.74 Å². The van der Waals surface area contributed by atoms with E-state index in [4.69, 9.17) is 10.5 Å². The minimum atomic E-state index is 0.689. The molecule has 1 rings (SSSR count). The lowest BCUT2D eigenvalue weighted by atomic mass is 10.3. The molecule has 18 heavy (non-hydrogen) atoms. The lowest BCUT2D eigenvalue weighted by Crippen LogP contribution is -2.30. The summed E-state index contributed by atoms with van der Waals surface area (Å²) in [5.41, 5.74) is 6.66. The molecule has 0 aliphatic heterocycles. The molecule has 0 bridgehead atoms. The molecule has 0 aliphatic rings. The molecule has 1 heterocycles. The Morgan fingerprint density at radius 1 is 1.33 bits per heavy atom. The van der Waals surface area contributed by atoms with Gasteiger partial charge in [0.15, 0.2) is 0 Å². The normalized spacial score (nSPS) is 10.7. The molecule has 0 unspecified atom stereocenters. The third kappa shape index (κ3) is 4.58. The molecule has 5 nitrogen and oxygen atoms in total. The van der Waals surface area contributed by atoms with Gasteiger partial charge in [0.2, 0.25) is 0 Å². The van der Waals surface area contributed by atoms with Gasteiger partial charge in [0.05, 0.1) is 6.61 Å². The van der Waals surface area contributed by atoms with Crippen LogP contribution in [0.5, 0.6) is 0 Å². The molecule has 0 radical (unpaired) electrons. The summed E-state index contributed by atoms with van der Waals surface area (Å²) in [4.78, 5) is 11.1. The highest BCUT2D eigenvalue weighted by Gasteiger charge is 2.09. The first-order valence-corrected chi connectivity index (χ1v) is 6.49. The summed E-state index contributed by atoms with van der Waals surface area (Å²) in [6, 6.07) is 2.05. The van der Waals surface area contributed by atoms with Crippen LogP contribution in [0.1, 0.15) is 24.9 Å². The Labute approximate surface area is 109 Å². The maximum atomic E-state index is 5.58. The average molecular weight is 252 g/mol. The summed E-state index contributed by atoms with van der Waals surface area (Å²) < 4.78 is 5.14. The molecular formula is C13H24N4O. The molecule has 0 saturated carbocycles. The fourth-order valence-electron chi connectivity index (χ4n) is 1.78. The second kappa shape index (κ2) is 8.00. The molecule has 0 aromatic carbocycles. The standard InChI is InChI=1S/C13H24N4O/c1-4-12-10-13(16-11(2)15-12)17(7-5-6-14)8-9-18-3/h10H,4-9,14H2,1-3H3. The Hall–Kier alpha value is -1.20. The van der Waals surface area contributed by atoms with E-state index >= 15 is 0 Å². The van der Waals surface area contributed by atoms with E-state index in [0.717, 1.165) is 43.3 Å². The molecule has 0 saturated heterocycles. The molecule has 0 amide bonds. The minimum Gasteiger partial charge on any atom is -0.383 e. The first-order chi connectivity index (χ1) is 8.71. The molecule has 5 heteroatoms. The summed E-state index contributed by atoms with van der Waals surface area (Å²) in [5.74, 6) is 1.80. The van der Waals surface area contributed by atoms with E-state index < -0.39 is 0 Å². The summed E-state index contributed by atoms with van der Waals surface area (Å²) in [5, 5.41) is 0. The Morgan fingerprint density at radius 3 is 2.72 bits per heavy atom. The summed E-state index contributed by atoms with van der Waals surface area (Å²) >= 11 is 0. The van der Waals surface area contributed by atoms with Crippen molar-refractivity contribution in [2.75, 3.05) is 38.3 Å². The smallest absolute Gasteiger partial charge is 0.132 e. The van der Waals surface area contributed by atoms with Crippen LogP contribution < -0.4 is 10.6 Å². The van der Waals surface area contributed by atoms with Gasteiger partial charge < -0.3 is 15.4 Å². The zero-order chi connectivity index (χ0) is 13.4. The lowest BCUT2D eigenvalue weighted by Gasteiger charge is -2.23. The Kier molecular flexibility index (Phi) is 6.60. The molecule has 0 spiro atoms. The molecule has 0 atom stereocenters.